The molecule has 4 heteroatoms. The van der Waals surface area contributed by atoms with Crippen molar-refractivity contribution in [2.24, 2.45) is 11.3 Å². The van der Waals surface area contributed by atoms with Crippen molar-refractivity contribution in [3.63, 3.8) is 0 Å². The average Bonchev–Trinajstić information content (AvgIpc) is 2.35. The van der Waals surface area contributed by atoms with Crippen molar-refractivity contribution in [2.45, 2.75) is 26.2 Å². The minimum Gasteiger partial charge on any atom is -0.453 e. The zero-order valence-electron chi connectivity index (χ0n) is 10.4. The summed E-state index contributed by atoms with van der Waals surface area (Å²) in [5, 5.41) is 8.99. The lowest BCUT2D eigenvalue weighted by atomic mass is 9.64. The third-order valence-corrected chi connectivity index (χ3v) is 4.10. The molecular formula is C13H18N2O2. The van der Waals surface area contributed by atoms with Crippen molar-refractivity contribution in [3.8, 4) is 6.07 Å². The van der Waals surface area contributed by atoms with E-state index in [0.717, 1.165) is 31.4 Å². The molecule has 1 amide bonds. The average molecular weight is 234 g/mol. The third-order valence-electron chi connectivity index (χ3n) is 4.10. The molecule has 1 aliphatic carbocycles. The smallest absolute Gasteiger partial charge is 0.409 e. The zero-order chi connectivity index (χ0) is 12.5. The summed E-state index contributed by atoms with van der Waals surface area (Å²) in [6, 6.07) is 2.25. The lowest BCUT2D eigenvalue weighted by molar-refractivity contribution is 0.0325. The minimum atomic E-state index is -0.252. The van der Waals surface area contributed by atoms with Crippen LogP contribution in [0.2, 0.25) is 0 Å². The summed E-state index contributed by atoms with van der Waals surface area (Å²) < 4.78 is 4.77. The highest BCUT2D eigenvalue weighted by Gasteiger charge is 2.43. The van der Waals surface area contributed by atoms with Crippen LogP contribution in [0.4, 0.5) is 4.79 Å². The van der Waals surface area contributed by atoms with Gasteiger partial charge in [-0.1, -0.05) is 13.0 Å². The van der Waals surface area contributed by atoms with Gasteiger partial charge in [-0.3, -0.25) is 0 Å². The normalized spacial score (nSPS) is 32.2. The Bertz CT molecular complexity index is 397. The molecule has 0 unspecified atom stereocenters. The Kier molecular flexibility index (Phi) is 3.10. The molecule has 0 radical (unpaired) electrons. The fraction of sp³-hybridized carbons (Fsp3) is 0.692. The molecule has 1 saturated heterocycles. The van der Waals surface area contributed by atoms with Crippen LogP contribution in [0.3, 0.4) is 0 Å². The fourth-order valence-corrected chi connectivity index (χ4v) is 3.07. The van der Waals surface area contributed by atoms with Crippen LogP contribution in [0, 0.1) is 22.7 Å². The highest BCUT2D eigenvalue weighted by Crippen LogP contribution is 2.45. The van der Waals surface area contributed by atoms with Crippen molar-refractivity contribution in [2.75, 3.05) is 20.2 Å². The maximum Gasteiger partial charge on any atom is 0.409 e. The Hall–Kier alpha value is -1.50. The van der Waals surface area contributed by atoms with E-state index in [2.05, 4.69) is 19.1 Å². The maximum absolute atomic E-state index is 11.6. The maximum atomic E-state index is 11.6. The topological polar surface area (TPSA) is 53.3 Å². The summed E-state index contributed by atoms with van der Waals surface area (Å²) in [4.78, 5) is 13.3. The van der Waals surface area contributed by atoms with Gasteiger partial charge in [0.2, 0.25) is 0 Å². The quantitative estimate of drug-likeness (QED) is 0.646. The van der Waals surface area contributed by atoms with Gasteiger partial charge in [0.05, 0.1) is 13.2 Å². The number of hydrogen-bond donors (Lipinski definition) is 0. The Labute approximate surface area is 102 Å². The highest BCUT2D eigenvalue weighted by atomic mass is 16.5. The summed E-state index contributed by atoms with van der Waals surface area (Å²) in [5.74, 6) is 0.584. The first-order valence-electron chi connectivity index (χ1n) is 6.01. The molecule has 17 heavy (non-hydrogen) atoms. The van der Waals surface area contributed by atoms with E-state index >= 15 is 0 Å². The number of hydrogen-bond acceptors (Lipinski definition) is 3. The molecule has 4 nitrogen and oxygen atoms in total. The molecule has 1 fully saturated rings. The van der Waals surface area contributed by atoms with Crippen LogP contribution in [-0.4, -0.2) is 31.2 Å². The molecule has 92 valence electrons. The predicted molar refractivity (Wildman–Crippen MR) is 63.1 cm³/mol. The van der Waals surface area contributed by atoms with Gasteiger partial charge in [0.15, 0.2) is 0 Å². The van der Waals surface area contributed by atoms with Crippen LogP contribution in [0.5, 0.6) is 0 Å². The largest absolute Gasteiger partial charge is 0.453 e. The Morgan fingerprint density at radius 1 is 1.71 bits per heavy atom. The first-order valence-corrected chi connectivity index (χ1v) is 6.01. The number of amides is 1. The van der Waals surface area contributed by atoms with Gasteiger partial charge in [-0.2, -0.15) is 5.26 Å². The van der Waals surface area contributed by atoms with E-state index in [4.69, 9.17) is 10.00 Å². The lowest BCUT2D eigenvalue weighted by Crippen LogP contribution is -2.50. The van der Waals surface area contributed by atoms with E-state index in [9.17, 15) is 4.79 Å². The van der Waals surface area contributed by atoms with Gasteiger partial charge in [-0.05, 0) is 30.6 Å². The third kappa shape index (κ3) is 2.14. The Balaban J connectivity index is 2.14. The molecule has 0 spiro atoms. The van der Waals surface area contributed by atoms with Crippen LogP contribution in [0.1, 0.15) is 26.2 Å². The van der Waals surface area contributed by atoms with Gasteiger partial charge >= 0.3 is 6.09 Å². The number of rotatable bonds is 0. The minimum absolute atomic E-state index is 0.0340. The number of carbonyl (C=O) groups excluding carboxylic acids is 1. The van der Waals surface area contributed by atoms with Crippen molar-refractivity contribution in [1.82, 2.24) is 4.90 Å². The summed E-state index contributed by atoms with van der Waals surface area (Å²) in [6.45, 7) is 3.64. The van der Waals surface area contributed by atoms with Crippen molar-refractivity contribution in [1.29, 1.82) is 5.26 Å². The number of allylic oxidation sites excluding steroid dienone is 2. The standard InChI is InChI=1S/C13H18N2O2/c1-13-7-10(8-14)3-4-11(13)5-6-15(9-13)12(16)17-2/h3,11H,4-7,9H2,1-2H3/t11-,13-/m1/s1. The highest BCUT2D eigenvalue weighted by molar-refractivity contribution is 5.67. The van der Waals surface area contributed by atoms with Crippen LogP contribution in [0.25, 0.3) is 0 Å². The lowest BCUT2D eigenvalue weighted by Gasteiger charge is -2.47. The van der Waals surface area contributed by atoms with Crippen molar-refractivity contribution in [3.05, 3.63) is 11.6 Å². The van der Waals surface area contributed by atoms with Gasteiger partial charge in [0.1, 0.15) is 0 Å². The Morgan fingerprint density at radius 2 is 2.47 bits per heavy atom. The first kappa shape index (κ1) is 12.0. The van der Waals surface area contributed by atoms with Gasteiger partial charge in [0, 0.05) is 18.7 Å². The Morgan fingerprint density at radius 3 is 3.12 bits per heavy atom. The molecule has 1 heterocycles. The van der Waals surface area contributed by atoms with Gasteiger partial charge in [-0.15, -0.1) is 0 Å². The van der Waals surface area contributed by atoms with Gasteiger partial charge in [-0.25, -0.2) is 4.79 Å². The second-order valence-electron chi connectivity index (χ2n) is 5.28. The second kappa shape index (κ2) is 4.40. The molecule has 0 bridgehead atoms. The molecule has 1 aliphatic heterocycles. The van der Waals surface area contributed by atoms with Crippen LogP contribution >= 0.6 is 0 Å². The van der Waals surface area contributed by atoms with Gasteiger partial charge < -0.3 is 9.64 Å². The summed E-state index contributed by atoms with van der Waals surface area (Å²) >= 11 is 0. The van der Waals surface area contributed by atoms with Crippen molar-refractivity contribution < 1.29 is 9.53 Å². The summed E-state index contributed by atoms with van der Waals surface area (Å²) in [6.07, 6.45) is 4.55. The van der Waals surface area contributed by atoms with E-state index in [1.807, 2.05) is 0 Å². The van der Waals surface area contributed by atoms with Crippen LogP contribution in [-0.2, 0) is 4.74 Å². The van der Waals surface area contributed by atoms with E-state index in [0.29, 0.717) is 12.5 Å². The molecule has 0 aromatic rings. The summed E-state index contributed by atoms with van der Waals surface area (Å²) in [5.41, 5.74) is 0.891. The predicted octanol–water partition coefficient (Wildman–Crippen LogP) is 2.32. The van der Waals surface area contributed by atoms with Crippen molar-refractivity contribution >= 4 is 6.09 Å². The summed E-state index contributed by atoms with van der Waals surface area (Å²) in [7, 11) is 1.41. The van der Waals surface area contributed by atoms with Gasteiger partial charge in [0.25, 0.3) is 0 Å². The number of ether oxygens (including phenoxy) is 1. The molecule has 0 N–H and O–H groups in total. The number of nitriles is 1. The van der Waals surface area contributed by atoms with E-state index in [1.54, 1.807) is 4.90 Å². The number of likely N-dealkylation sites (tertiary alicyclic amines) is 1. The van der Waals surface area contributed by atoms with E-state index < -0.39 is 0 Å². The molecule has 2 rings (SSSR count). The molecule has 2 atom stereocenters. The fourth-order valence-electron chi connectivity index (χ4n) is 3.07. The number of piperidine rings is 1. The number of nitrogens with zero attached hydrogens (tertiary/aromatic N) is 2. The molecular weight excluding hydrogens is 216 g/mol. The monoisotopic (exact) mass is 234 g/mol. The molecule has 0 saturated carbocycles. The number of fused-ring (bicyclic) bond motifs is 1. The number of methoxy groups -OCH3 is 1. The molecule has 0 aromatic carbocycles. The second-order valence-corrected chi connectivity index (χ2v) is 5.28. The first-order chi connectivity index (χ1) is 8.09. The molecule has 2 aliphatic rings. The SMILES string of the molecule is COC(=O)N1CC[C@H]2CC=C(C#N)C[C@]2(C)C1. The van der Waals surface area contributed by atoms with Crippen LogP contribution in [0.15, 0.2) is 11.6 Å². The zero-order valence-corrected chi connectivity index (χ0v) is 10.4. The van der Waals surface area contributed by atoms with E-state index in [-0.39, 0.29) is 11.5 Å². The molecule has 0 aromatic heterocycles. The van der Waals surface area contributed by atoms with E-state index in [1.165, 1.54) is 7.11 Å². The number of carbonyl (C=O) groups is 1. The van der Waals surface area contributed by atoms with Crippen LogP contribution < -0.4 is 0 Å².